The molecule has 0 bridgehead atoms. The molecule has 3 nitrogen and oxygen atoms in total. The normalized spacial score (nSPS) is 15.7. The summed E-state index contributed by atoms with van der Waals surface area (Å²) in [5.41, 5.74) is 8.35. The van der Waals surface area contributed by atoms with Crippen LogP contribution in [0.25, 0.3) is 0 Å². The first-order chi connectivity index (χ1) is 8.49. The molecule has 1 aliphatic carbocycles. The van der Waals surface area contributed by atoms with Crippen molar-refractivity contribution in [2.45, 2.75) is 40.5 Å². The van der Waals surface area contributed by atoms with Gasteiger partial charge in [0.1, 0.15) is 0 Å². The molecular formula is C15H20N2O. The van der Waals surface area contributed by atoms with E-state index in [1.54, 1.807) is 0 Å². The molecule has 0 aliphatic heterocycles. The van der Waals surface area contributed by atoms with E-state index < -0.39 is 0 Å². The molecule has 0 unspecified atom stereocenters. The van der Waals surface area contributed by atoms with Crippen LogP contribution < -0.4 is 5.43 Å². The second-order valence-corrected chi connectivity index (χ2v) is 5.20. The van der Waals surface area contributed by atoms with Crippen molar-refractivity contribution in [2.24, 2.45) is 11.0 Å². The Hall–Kier alpha value is -1.64. The Morgan fingerprint density at radius 3 is 2.39 bits per heavy atom. The van der Waals surface area contributed by atoms with Crippen molar-refractivity contribution in [3.63, 3.8) is 0 Å². The lowest BCUT2D eigenvalue weighted by atomic mass is 9.98. The Kier molecular flexibility index (Phi) is 3.50. The topological polar surface area (TPSA) is 41.5 Å². The second kappa shape index (κ2) is 4.92. The fourth-order valence-electron chi connectivity index (χ4n) is 1.99. The quantitative estimate of drug-likeness (QED) is 0.644. The predicted molar refractivity (Wildman–Crippen MR) is 73.7 cm³/mol. The molecule has 1 aromatic rings. The van der Waals surface area contributed by atoms with Gasteiger partial charge in [-0.3, -0.25) is 4.79 Å². The molecule has 1 fully saturated rings. The van der Waals surface area contributed by atoms with Gasteiger partial charge in [-0.15, -0.1) is 0 Å². The molecule has 3 heteroatoms. The summed E-state index contributed by atoms with van der Waals surface area (Å²) in [6.07, 6.45) is 2.01. The summed E-state index contributed by atoms with van der Waals surface area (Å²) in [6.45, 7) is 8.20. The Morgan fingerprint density at radius 1 is 1.17 bits per heavy atom. The predicted octanol–water partition coefficient (Wildman–Crippen LogP) is 2.86. The number of rotatable bonds is 3. The van der Waals surface area contributed by atoms with E-state index in [1.165, 1.54) is 16.7 Å². The molecule has 0 radical (unpaired) electrons. The number of carbonyl (C=O) groups is 1. The summed E-state index contributed by atoms with van der Waals surface area (Å²) in [7, 11) is 0. The zero-order valence-electron chi connectivity index (χ0n) is 11.5. The number of hydrogen-bond donors (Lipinski definition) is 1. The molecule has 2 rings (SSSR count). The van der Waals surface area contributed by atoms with Crippen molar-refractivity contribution in [3.05, 3.63) is 34.4 Å². The molecule has 18 heavy (non-hydrogen) atoms. The van der Waals surface area contributed by atoms with E-state index in [1.807, 2.05) is 6.92 Å². The van der Waals surface area contributed by atoms with Crippen LogP contribution in [0.1, 0.15) is 42.0 Å². The van der Waals surface area contributed by atoms with Crippen molar-refractivity contribution < 1.29 is 4.79 Å². The number of nitrogens with one attached hydrogen (secondary N) is 1. The highest BCUT2D eigenvalue weighted by Gasteiger charge is 2.29. The van der Waals surface area contributed by atoms with Crippen LogP contribution in [0.2, 0.25) is 0 Å². The third-order valence-electron chi connectivity index (χ3n) is 3.51. The van der Waals surface area contributed by atoms with Crippen LogP contribution >= 0.6 is 0 Å². The lowest BCUT2D eigenvalue weighted by molar-refractivity contribution is -0.122. The van der Waals surface area contributed by atoms with Crippen LogP contribution in [0.3, 0.4) is 0 Å². The number of hydrogen-bond acceptors (Lipinski definition) is 2. The summed E-state index contributed by atoms with van der Waals surface area (Å²) in [6, 6.07) is 4.29. The Balaban J connectivity index is 2.16. The molecule has 0 saturated heterocycles. The number of hydrazone groups is 1. The van der Waals surface area contributed by atoms with E-state index in [0.29, 0.717) is 0 Å². The highest BCUT2D eigenvalue weighted by atomic mass is 16.2. The standard InChI is InChI=1S/C15H20N2O/c1-9-7-11(3)14(8-10(9)2)12(4)16-17-15(18)13-5-6-13/h7-8,13H,5-6H2,1-4H3,(H,17,18)/b16-12-. The van der Waals surface area contributed by atoms with E-state index in [4.69, 9.17) is 0 Å². The van der Waals surface area contributed by atoms with Crippen LogP contribution in [0, 0.1) is 26.7 Å². The fourth-order valence-corrected chi connectivity index (χ4v) is 1.99. The average molecular weight is 244 g/mol. The second-order valence-electron chi connectivity index (χ2n) is 5.20. The highest BCUT2D eigenvalue weighted by Crippen LogP contribution is 2.28. The minimum atomic E-state index is 0.0517. The minimum absolute atomic E-state index is 0.0517. The Morgan fingerprint density at radius 2 is 1.78 bits per heavy atom. The number of amides is 1. The molecule has 0 atom stereocenters. The van der Waals surface area contributed by atoms with E-state index >= 15 is 0 Å². The number of carbonyl (C=O) groups excluding carboxylic acids is 1. The van der Waals surface area contributed by atoms with Crippen molar-refractivity contribution >= 4 is 11.6 Å². The van der Waals surface area contributed by atoms with Crippen LogP contribution in [0.15, 0.2) is 17.2 Å². The van der Waals surface area contributed by atoms with E-state index in [9.17, 15) is 4.79 Å². The van der Waals surface area contributed by atoms with E-state index in [2.05, 4.69) is 43.4 Å². The molecular weight excluding hydrogens is 224 g/mol. The van der Waals surface area contributed by atoms with Gasteiger partial charge in [0.25, 0.3) is 0 Å². The minimum Gasteiger partial charge on any atom is -0.273 e. The first-order valence-electron chi connectivity index (χ1n) is 6.41. The van der Waals surface area contributed by atoms with Gasteiger partial charge in [-0.1, -0.05) is 6.07 Å². The first-order valence-corrected chi connectivity index (χ1v) is 6.41. The summed E-state index contributed by atoms with van der Waals surface area (Å²) in [5.74, 6) is 0.248. The maximum atomic E-state index is 11.5. The summed E-state index contributed by atoms with van der Waals surface area (Å²) < 4.78 is 0. The van der Waals surface area contributed by atoms with Crippen LogP contribution in [-0.2, 0) is 4.79 Å². The van der Waals surface area contributed by atoms with Gasteiger partial charge in [-0.2, -0.15) is 5.10 Å². The number of benzene rings is 1. The van der Waals surface area contributed by atoms with Gasteiger partial charge in [0.2, 0.25) is 5.91 Å². The number of nitrogens with zero attached hydrogens (tertiary/aromatic N) is 1. The molecule has 0 heterocycles. The maximum Gasteiger partial charge on any atom is 0.243 e. The zero-order chi connectivity index (χ0) is 13.3. The van der Waals surface area contributed by atoms with Gasteiger partial charge < -0.3 is 0 Å². The molecule has 1 saturated carbocycles. The molecule has 0 spiro atoms. The van der Waals surface area contributed by atoms with Gasteiger partial charge >= 0.3 is 0 Å². The molecule has 1 N–H and O–H groups in total. The van der Waals surface area contributed by atoms with Crippen molar-refractivity contribution in [2.75, 3.05) is 0 Å². The lowest BCUT2D eigenvalue weighted by Gasteiger charge is -2.09. The molecule has 1 aromatic carbocycles. The first kappa shape index (κ1) is 12.8. The third kappa shape index (κ3) is 2.78. The molecule has 96 valence electrons. The van der Waals surface area contributed by atoms with Gasteiger partial charge in [-0.05, 0) is 63.3 Å². The zero-order valence-corrected chi connectivity index (χ0v) is 11.5. The summed E-state index contributed by atoms with van der Waals surface area (Å²) in [4.78, 5) is 11.5. The van der Waals surface area contributed by atoms with Crippen LogP contribution in [0.4, 0.5) is 0 Å². The number of aryl methyl sites for hydroxylation is 3. The largest absolute Gasteiger partial charge is 0.273 e. The Labute approximate surface area is 108 Å². The Bertz CT molecular complexity index is 513. The lowest BCUT2D eigenvalue weighted by Crippen LogP contribution is -2.20. The van der Waals surface area contributed by atoms with Crippen LogP contribution in [-0.4, -0.2) is 11.6 Å². The summed E-state index contributed by atoms with van der Waals surface area (Å²) in [5, 5.41) is 4.20. The third-order valence-corrected chi connectivity index (χ3v) is 3.51. The monoisotopic (exact) mass is 244 g/mol. The van der Waals surface area contributed by atoms with Gasteiger partial charge in [-0.25, -0.2) is 5.43 Å². The van der Waals surface area contributed by atoms with Crippen molar-refractivity contribution in [1.29, 1.82) is 0 Å². The average Bonchev–Trinajstić information content (AvgIpc) is 3.14. The molecule has 1 aliphatic rings. The smallest absolute Gasteiger partial charge is 0.243 e. The van der Waals surface area contributed by atoms with Gasteiger partial charge in [0.15, 0.2) is 0 Å². The van der Waals surface area contributed by atoms with E-state index in [-0.39, 0.29) is 11.8 Å². The highest BCUT2D eigenvalue weighted by molar-refractivity contribution is 6.00. The van der Waals surface area contributed by atoms with Crippen molar-refractivity contribution in [3.8, 4) is 0 Å². The molecule has 0 aromatic heterocycles. The van der Waals surface area contributed by atoms with Gasteiger partial charge in [0, 0.05) is 11.5 Å². The van der Waals surface area contributed by atoms with E-state index in [0.717, 1.165) is 24.1 Å². The summed E-state index contributed by atoms with van der Waals surface area (Å²) >= 11 is 0. The van der Waals surface area contributed by atoms with Crippen molar-refractivity contribution in [1.82, 2.24) is 5.43 Å². The van der Waals surface area contributed by atoms with Gasteiger partial charge in [0.05, 0.1) is 5.71 Å². The molecule has 1 amide bonds. The van der Waals surface area contributed by atoms with Crippen LogP contribution in [0.5, 0.6) is 0 Å². The fraction of sp³-hybridized carbons (Fsp3) is 0.467. The maximum absolute atomic E-state index is 11.5. The SMILES string of the molecule is C/C(=N/NC(=O)C1CC1)c1cc(C)c(C)cc1C.